The highest BCUT2D eigenvalue weighted by atomic mass is 35.5. The van der Waals surface area contributed by atoms with Crippen molar-refractivity contribution in [2.75, 3.05) is 0 Å². The third-order valence-corrected chi connectivity index (χ3v) is 4.20. The Labute approximate surface area is 150 Å². The second-order valence-electron chi connectivity index (χ2n) is 5.80. The quantitative estimate of drug-likeness (QED) is 0.524. The van der Waals surface area contributed by atoms with Crippen LogP contribution in [0.5, 0.6) is 5.75 Å². The maximum atomic E-state index is 6.07. The topological polar surface area (TPSA) is 39.4 Å². The van der Waals surface area contributed by atoms with E-state index in [0.717, 1.165) is 38.9 Å². The van der Waals surface area contributed by atoms with E-state index in [4.69, 9.17) is 16.3 Å². The summed E-state index contributed by atoms with van der Waals surface area (Å²) in [6.07, 6.45) is 1.79. The second-order valence-corrected chi connectivity index (χ2v) is 6.23. The van der Waals surface area contributed by atoms with Gasteiger partial charge in [0, 0.05) is 22.8 Å². The molecule has 0 aliphatic heterocycles. The molecule has 0 bridgehead atoms. The van der Waals surface area contributed by atoms with Crippen LogP contribution in [0, 0.1) is 6.92 Å². The van der Waals surface area contributed by atoms with Gasteiger partial charge in [-0.05, 0) is 42.8 Å². The Balaban J connectivity index is 1.70. The zero-order valence-corrected chi connectivity index (χ0v) is 14.4. The molecule has 4 nitrogen and oxygen atoms in total. The Hall–Kier alpha value is -2.85. The van der Waals surface area contributed by atoms with E-state index in [1.165, 1.54) is 0 Å². The van der Waals surface area contributed by atoms with Crippen LogP contribution in [0.2, 0.25) is 5.02 Å². The van der Waals surface area contributed by atoms with Crippen molar-refractivity contribution in [3.8, 4) is 17.0 Å². The Morgan fingerprint density at radius 1 is 1.04 bits per heavy atom. The normalized spacial score (nSPS) is 11.0. The third-order valence-electron chi connectivity index (χ3n) is 3.95. The molecule has 2 aromatic carbocycles. The van der Waals surface area contributed by atoms with E-state index < -0.39 is 0 Å². The maximum Gasteiger partial charge on any atom is 0.155 e. The smallest absolute Gasteiger partial charge is 0.155 e. The average molecular weight is 350 g/mol. The van der Waals surface area contributed by atoms with Gasteiger partial charge in [0.15, 0.2) is 5.65 Å². The number of aryl methyl sites for hydroxylation is 1. The largest absolute Gasteiger partial charge is 0.488 e. The summed E-state index contributed by atoms with van der Waals surface area (Å²) in [5.41, 5.74) is 4.74. The number of para-hydroxylation sites is 1. The number of halogens is 1. The van der Waals surface area contributed by atoms with Gasteiger partial charge in [-0.2, -0.15) is 5.10 Å². The van der Waals surface area contributed by atoms with Crippen molar-refractivity contribution in [1.82, 2.24) is 14.6 Å². The Bertz CT molecular complexity index is 1020. The predicted octanol–water partition coefficient (Wildman–Crippen LogP) is 4.94. The minimum absolute atomic E-state index is 0.473. The minimum Gasteiger partial charge on any atom is -0.488 e. The number of ether oxygens (including phenoxy) is 1. The molecule has 4 aromatic rings. The van der Waals surface area contributed by atoms with Gasteiger partial charge in [-0.3, -0.25) is 0 Å². The molecule has 0 saturated heterocycles. The summed E-state index contributed by atoms with van der Waals surface area (Å²) < 4.78 is 7.92. The highest BCUT2D eigenvalue weighted by Crippen LogP contribution is 2.30. The van der Waals surface area contributed by atoms with Gasteiger partial charge in [0.2, 0.25) is 0 Å². The number of rotatable bonds is 4. The van der Waals surface area contributed by atoms with E-state index in [1.807, 2.05) is 72.1 Å². The summed E-state index contributed by atoms with van der Waals surface area (Å²) in [6.45, 7) is 2.43. The maximum absolute atomic E-state index is 6.07. The first kappa shape index (κ1) is 15.7. The molecule has 0 aliphatic rings. The molecule has 0 spiro atoms. The van der Waals surface area contributed by atoms with E-state index in [0.29, 0.717) is 6.61 Å². The molecule has 5 heteroatoms. The van der Waals surface area contributed by atoms with Gasteiger partial charge >= 0.3 is 0 Å². The van der Waals surface area contributed by atoms with Crippen LogP contribution in [0.25, 0.3) is 16.9 Å². The lowest BCUT2D eigenvalue weighted by Crippen LogP contribution is -2.00. The first-order valence-electron chi connectivity index (χ1n) is 7.99. The van der Waals surface area contributed by atoms with Gasteiger partial charge in [0.05, 0.1) is 11.4 Å². The first-order chi connectivity index (χ1) is 12.2. The monoisotopic (exact) mass is 349 g/mol. The van der Waals surface area contributed by atoms with Gasteiger partial charge in [-0.15, -0.1) is 0 Å². The molecule has 25 heavy (non-hydrogen) atoms. The highest BCUT2D eigenvalue weighted by molar-refractivity contribution is 6.30. The standard InChI is InChI=1S/C20H16ClN3O/c1-14-12-20-22-11-10-18(24(20)23-14)17-4-2-3-5-19(17)25-13-15-6-8-16(21)9-7-15/h2-12H,13H2,1H3. The zero-order chi connectivity index (χ0) is 17.2. The fourth-order valence-electron chi connectivity index (χ4n) is 2.76. The van der Waals surface area contributed by atoms with Crippen LogP contribution >= 0.6 is 11.6 Å². The summed E-state index contributed by atoms with van der Waals surface area (Å²) in [7, 11) is 0. The molecule has 124 valence electrons. The van der Waals surface area contributed by atoms with E-state index in [-0.39, 0.29) is 0 Å². The van der Waals surface area contributed by atoms with Crippen molar-refractivity contribution >= 4 is 17.2 Å². The molecule has 2 aromatic heterocycles. The lowest BCUT2D eigenvalue weighted by Gasteiger charge is -2.12. The molecule has 0 radical (unpaired) electrons. The molecule has 0 N–H and O–H groups in total. The molecule has 0 aliphatic carbocycles. The van der Waals surface area contributed by atoms with Crippen LogP contribution < -0.4 is 4.74 Å². The second kappa shape index (κ2) is 6.57. The van der Waals surface area contributed by atoms with Crippen molar-refractivity contribution in [1.29, 1.82) is 0 Å². The number of fused-ring (bicyclic) bond motifs is 1. The van der Waals surface area contributed by atoms with Crippen LogP contribution in [0.3, 0.4) is 0 Å². The van der Waals surface area contributed by atoms with E-state index >= 15 is 0 Å². The van der Waals surface area contributed by atoms with Gasteiger partial charge < -0.3 is 4.74 Å². The molecule has 0 saturated carbocycles. The summed E-state index contributed by atoms with van der Waals surface area (Å²) >= 11 is 5.94. The van der Waals surface area contributed by atoms with Crippen LogP contribution in [-0.2, 0) is 6.61 Å². The first-order valence-corrected chi connectivity index (χ1v) is 8.36. The summed E-state index contributed by atoms with van der Waals surface area (Å²) in [6, 6.07) is 19.5. The fourth-order valence-corrected chi connectivity index (χ4v) is 2.89. The Kier molecular flexibility index (Phi) is 4.12. The summed E-state index contributed by atoms with van der Waals surface area (Å²) in [5.74, 6) is 0.804. The Morgan fingerprint density at radius 2 is 1.84 bits per heavy atom. The van der Waals surface area contributed by atoms with Crippen LogP contribution in [0.4, 0.5) is 0 Å². The van der Waals surface area contributed by atoms with Crippen LogP contribution in [0.15, 0.2) is 66.9 Å². The third kappa shape index (κ3) is 3.21. The number of hydrogen-bond donors (Lipinski definition) is 0. The van der Waals surface area contributed by atoms with E-state index in [2.05, 4.69) is 10.1 Å². The average Bonchev–Trinajstić information content (AvgIpc) is 3.02. The van der Waals surface area contributed by atoms with Crippen molar-refractivity contribution < 1.29 is 4.74 Å². The van der Waals surface area contributed by atoms with Crippen molar-refractivity contribution in [3.05, 3.63) is 83.1 Å². The van der Waals surface area contributed by atoms with Gasteiger partial charge in [0.1, 0.15) is 12.4 Å². The summed E-state index contributed by atoms with van der Waals surface area (Å²) in [5, 5.41) is 5.26. The lowest BCUT2D eigenvalue weighted by molar-refractivity contribution is 0.307. The molecule has 0 fully saturated rings. The van der Waals surface area contributed by atoms with Crippen molar-refractivity contribution in [3.63, 3.8) is 0 Å². The zero-order valence-electron chi connectivity index (χ0n) is 13.7. The predicted molar refractivity (Wildman–Crippen MR) is 98.9 cm³/mol. The summed E-state index contributed by atoms with van der Waals surface area (Å²) in [4.78, 5) is 4.37. The molecule has 2 heterocycles. The molecule has 0 amide bonds. The fraction of sp³-hybridized carbons (Fsp3) is 0.100. The number of aromatic nitrogens is 3. The Morgan fingerprint density at radius 3 is 2.68 bits per heavy atom. The van der Waals surface area contributed by atoms with Crippen LogP contribution in [-0.4, -0.2) is 14.6 Å². The van der Waals surface area contributed by atoms with Gasteiger partial charge in [-0.1, -0.05) is 35.9 Å². The minimum atomic E-state index is 0.473. The van der Waals surface area contributed by atoms with Gasteiger partial charge in [-0.25, -0.2) is 9.50 Å². The van der Waals surface area contributed by atoms with Crippen molar-refractivity contribution in [2.45, 2.75) is 13.5 Å². The molecule has 4 rings (SSSR count). The highest BCUT2D eigenvalue weighted by Gasteiger charge is 2.11. The molecular formula is C20H16ClN3O. The lowest BCUT2D eigenvalue weighted by atomic mass is 10.1. The number of nitrogens with zero attached hydrogens (tertiary/aromatic N) is 3. The molecule has 0 atom stereocenters. The van der Waals surface area contributed by atoms with Crippen molar-refractivity contribution in [2.24, 2.45) is 0 Å². The SMILES string of the molecule is Cc1cc2nccc(-c3ccccc3OCc3ccc(Cl)cc3)n2n1. The van der Waals surface area contributed by atoms with Gasteiger partial charge in [0.25, 0.3) is 0 Å². The molecule has 0 unspecified atom stereocenters. The molecular weight excluding hydrogens is 334 g/mol. The van der Waals surface area contributed by atoms with E-state index in [1.54, 1.807) is 6.20 Å². The van der Waals surface area contributed by atoms with Crippen LogP contribution in [0.1, 0.15) is 11.3 Å². The number of hydrogen-bond acceptors (Lipinski definition) is 3. The van der Waals surface area contributed by atoms with E-state index in [9.17, 15) is 0 Å². The number of benzene rings is 2.